The number of nitrogens with two attached hydrogens (primary N) is 1. The molecule has 6 N–H and O–H groups in total. The number of nitrogen functional groups attached to an aromatic ring is 1. The van der Waals surface area contributed by atoms with Crippen LogP contribution in [0.2, 0.25) is 0 Å². The lowest BCUT2D eigenvalue weighted by atomic mass is 10.1. The van der Waals surface area contributed by atoms with Crippen LogP contribution in [0, 0.1) is 12.3 Å². The van der Waals surface area contributed by atoms with Gasteiger partial charge in [0.05, 0.1) is 12.7 Å². The first-order valence-electron chi connectivity index (χ1n) is 9.56. The molecular weight excluding hydrogens is 553 g/mol. The fraction of sp³-hybridized carbons (Fsp3) is 0.571. The van der Waals surface area contributed by atoms with Crippen molar-refractivity contribution in [2.24, 2.45) is 5.11 Å². The molecule has 0 spiro atoms. The van der Waals surface area contributed by atoms with Crippen LogP contribution in [0.5, 0.6) is 0 Å². The molecule has 1 aliphatic rings. The first-order valence-corrected chi connectivity index (χ1v) is 14.1. The molecule has 1 fully saturated rings. The summed E-state index contributed by atoms with van der Waals surface area (Å²) < 4.78 is 58.6. The Morgan fingerprint density at radius 1 is 1.33 bits per heavy atom. The molecule has 1 aromatic rings. The van der Waals surface area contributed by atoms with Crippen LogP contribution in [0.15, 0.2) is 22.2 Å². The van der Waals surface area contributed by atoms with E-state index in [0.717, 1.165) is 4.57 Å². The fourth-order valence-corrected chi connectivity index (χ4v) is 5.93. The molecule has 0 radical (unpaired) electrons. The van der Waals surface area contributed by atoms with Gasteiger partial charge in [0.1, 0.15) is 24.4 Å². The van der Waals surface area contributed by atoms with Crippen LogP contribution in [0.3, 0.4) is 0 Å². The van der Waals surface area contributed by atoms with Crippen LogP contribution in [0.4, 0.5) is 5.82 Å². The smallest absolute Gasteiger partial charge is 0.383 e. The van der Waals surface area contributed by atoms with Crippen molar-refractivity contribution in [3.63, 3.8) is 0 Å². The Labute approximate surface area is 202 Å². The lowest BCUT2D eigenvalue weighted by Crippen LogP contribution is -2.32. The quantitative estimate of drug-likeness (QED) is 0.0718. The Hall–Kier alpha value is -2.12. The maximum absolute atomic E-state index is 12.2. The molecule has 0 saturated carbocycles. The van der Waals surface area contributed by atoms with Crippen LogP contribution in [0.1, 0.15) is 25.5 Å². The van der Waals surface area contributed by atoms with Crippen molar-refractivity contribution in [2.45, 2.75) is 43.9 Å². The number of terminal acetylenes is 1. The van der Waals surface area contributed by atoms with Gasteiger partial charge in [-0.25, -0.2) is 18.5 Å². The van der Waals surface area contributed by atoms with Gasteiger partial charge in [0.2, 0.25) is 0 Å². The summed E-state index contributed by atoms with van der Waals surface area (Å²) in [5.74, 6) is 2.27. The van der Waals surface area contributed by atoms with E-state index in [-0.39, 0.29) is 25.1 Å². The maximum Gasteiger partial charge on any atom is 0.490 e. The topological polar surface area (TPSA) is 288 Å². The summed E-state index contributed by atoms with van der Waals surface area (Å²) in [7, 11) is -16.8. The SMILES string of the molecule is C#CCCC(N=[N+]=[N-])O[C@@H]1C[C@H](n2ccc(N)nc2=O)O[C@@H]1COP(=O)(O)OP(=O)(O)OP(=O)(O)O. The van der Waals surface area contributed by atoms with Gasteiger partial charge in [0.25, 0.3) is 0 Å². The van der Waals surface area contributed by atoms with E-state index in [9.17, 15) is 28.3 Å². The summed E-state index contributed by atoms with van der Waals surface area (Å²) in [5.41, 5.74) is 13.4. The third-order valence-corrected chi connectivity index (χ3v) is 8.01. The highest BCUT2D eigenvalue weighted by Crippen LogP contribution is 2.66. The van der Waals surface area contributed by atoms with E-state index in [1.807, 2.05) is 0 Å². The summed E-state index contributed by atoms with van der Waals surface area (Å²) in [4.78, 5) is 54.6. The average Bonchev–Trinajstić information content (AvgIpc) is 3.10. The minimum Gasteiger partial charge on any atom is -0.383 e. The van der Waals surface area contributed by atoms with Crippen LogP contribution in [0.25, 0.3) is 10.4 Å². The van der Waals surface area contributed by atoms with Crippen LogP contribution in [-0.4, -0.2) is 54.2 Å². The molecule has 22 heteroatoms. The van der Waals surface area contributed by atoms with Gasteiger partial charge in [-0.15, -0.1) is 12.3 Å². The summed E-state index contributed by atoms with van der Waals surface area (Å²) in [6.07, 6.45) is 2.13. The number of phosphoric acid groups is 3. The number of hydrogen-bond acceptors (Lipinski definition) is 12. The number of anilines is 1. The van der Waals surface area contributed by atoms with Gasteiger partial charge in [-0.1, -0.05) is 5.11 Å². The molecule has 6 atom stereocenters. The largest absolute Gasteiger partial charge is 0.490 e. The number of hydrogen-bond donors (Lipinski definition) is 5. The number of aromatic nitrogens is 2. The van der Waals surface area contributed by atoms with Gasteiger partial charge in [-0.05, 0) is 18.0 Å². The summed E-state index contributed by atoms with van der Waals surface area (Å²) in [5, 5.41) is 3.46. The molecule has 2 heterocycles. The van der Waals surface area contributed by atoms with E-state index in [0.29, 0.717) is 0 Å². The number of phosphoric ester groups is 1. The molecule has 200 valence electrons. The highest BCUT2D eigenvalue weighted by molar-refractivity contribution is 7.66. The lowest BCUT2D eigenvalue weighted by Gasteiger charge is -2.23. The number of rotatable bonds is 13. The Morgan fingerprint density at radius 3 is 2.61 bits per heavy atom. The second-order valence-corrected chi connectivity index (χ2v) is 11.3. The number of ether oxygens (including phenoxy) is 2. The van der Waals surface area contributed by atoms with E-state index in [1.54, 1.807) is 0 Å². The van der Waals surface area contributed by atoms with E-state index in [1.165, 1.54) is 12.3 Å². The van der Waals surface area contributed by atoms with Crippen LogP contribution in [-0.2, 0) is 36.3 Å². The first kappa shape index (κ1) is 30.1. The van der Waals surface area contributed by atoms with Gasteiger partial charge in [-0.2, -0.15) is 13.6 Å². The van der Waals surface area contributed by atoms with Crippen molar-refractivity contribution in [1.29, 1.82) is 0 Å². The molecule has 2 rings (SSSR count). The Kier molecular flexibility index (Phi) is 10.4. The summed E-state index contributed by atoms with van der Waals surface area (Å²) >= 11 is 0. The lowest BCUT2D eigenvalue weighted by molar-refractivity contribution is -0.0804. The zero-order valence-corrected chi connectivity index (χ0v) is 20.7. The second kappa shape index (κ2) is 12.4. The van der Waals surface area contributed by atoms with Gasteiger partial charge < -0.3 is 34.8 Å². The van der Waals surface area contributed by atoms with Crippen LogP contribution < -0.4 is 11.4 Å². The van der Waals surface area contributed by atoms with Crippen molar-refractivity contribution in [3.05, 3.63) is 33.2 Å². The van der Waals surface area contributed by atoms with E-state index in [4.69, 9.17) is 36.9 Å². The van der Waals surface area contributed by atoms with Crippen molar-refractivity contribution in [3.8, 4) is 12.3 Å². The van der Waals surface area contributed by atoms with Gasteiger partial charge in [0, 0.05) is 24.0 Å². The van der Waals surface area contributed by atoms with Crippen molar-refractivity contribution in [2.75, 3.05) is 12.3 Å². The van der Waals surface area contributed by atoms with Crippen molar-refractivity contribution in [1.82, 2.24) is 9.55 Å². The zero-order valence-electron chi connectivity index (χ0n) is 18.0. The predicted molar refractivity (Wildman–Crippen MR) is 117 cm³/mol. The monoisotopic (exact) mass is 574 g/mol. The molecule has 36 heavy (non-hydrogen) atoms. The molecule has 1 aliphatic heterocycles. The van der Waals surface area contributed by atoms with E-state index >= 15 is 0 Å². The minimum absolute atomic E-state index is 0.0658. The van der Waals surface area contributed by atoms with Crippen LogP contribution >= 0.6 is 23.5 Å². The molecule has 1 aromatic heterocycles. The highest BCUT2D eigenvalue weighted by atomic mass is 31.3. The average molecular weight is 574 g/mol. The Balaban J connectivity index is 2.21. The Bertz CT molecular complexity index is 1220. The standard InChI is InChI=1S/C14H21N6O13P3/c1-2-3-4-12(18-19-16)30-9-7-13(20-6-5-11(15)17-14(20)21)31-10(9)8-29-35(25,26)33-36(27,28)32-34(22,23)24/h1,5-6,9-10,12-13H,3-4,7-8H2,(H,25,26)(H,27,28)(H2,15,17,21)(H2,22,23,24)/t9-,10-,12?,13-/m1/s1. The molecule has 19 nitrogen and oxygen atoms in total. The summed E-state index contributed by atoms with van der Waals surface area (Å²) in [6, 6.07) is 1.30. The molecule has 1 saturated heterocycles. The number of azide groups is 1. The van der Waals surface area contributed by atoms with Gasteiger partial charge in [-0.3, -0.25) is 9.09 Å². The normalized spacial score (nSPS) is 24.1. The third-order valence-electron chi connectivity index (χ3n) is 4.21. The van der Waals surface area contributed by atoms with E-state index in [2.05, 4.69) is 34.1 Å². The fourth-order valence-electron chi connectivity index (χ4n) is 2.90. The summed E-state index contributed by atoms with van der Waals surface area (Å²) in [6.45, 7) is -0.875. The molecule has 0 aliphatic carbocycles. The van der Waals surface area contributed by atoms with Gasteiger partial charge >= 0.3 is 29.2 Å². The maximum atomic E-state index is 12.2. The van der Waals surface area contributed by atoms with Crippen molar-refractivity contribution >= 4 is 29.3 Å². The number of nitrogens with zero attached hydrogens (tertiary/aromatic N) is 5. The first-order chi connectivity index (χ1) is 16.6. The Morgan fingerprint density at radius 2 is 2.03 bits per heavy atom. The third kappa shape index (κ3) is 9.74. The highest BCUT2D eigenvalue weighted by Gasteiger charge is 2.44. The van der Waals surface area contributed by atoms with Crippen molar-refractivity contribution < 1.29 is 55.9 Å². The van der Waals surface area contributed by atoms with E-state index < -0.39 is 60.4 Å². The molecule has 0 aromatic carbocycles. The minimum atomic E-state index is -5.74. The zero-order chi connectivity index (χ0) is 27.1. The predicted octanol–water partition coefficient (Wildman–Crippen LogP) is 0.891. The molecule has 3 unspecified atom stereocenters. The molecule has 0 amide bonds. The molecule has 0 bridgehead atoms. The molecular formula is C14H21N6O13P3. The second-order valence-electron chi connectivity index (χ2n) is 6.87. The van der Waals surface area contributed by atoms with Gasteiger partial charge in [0.15, 0.2) is 0 Å².